The molecular weight excluding hydrogens is 524 g/mol. The molecule has 0 atom stereocenters. The number of benzene rings is 2. The SMILES string of the molecule is CCC(=O)N(C)CCc1cc(Br)c(OCCCNC(=O)/C=C/c2ccccc2)c(Br)c1. The quantitative estimate of drug-likeness (QED) is 0.307. The van der Waals surface area contributed by atoms with E-state index in [4.69, 9.17) is 4.74 Å². The van der Waals surface area contributed by atoms with Gasteiger partial charge < -0.3 is 15.0 Å². The Morgan fingerprint density at radius 1 is 1.13 bits per heavy atom. The number of hydrogen-bond donors (Lipinski definition) is 1. The third-order valence-corrected chi connectivity index (χ3v) is 5.79. The van der Waals surface area contributed by atoms with Crippen molar-refractivity contribution in [1.29, 1.82) is 0 Å². The Balaban J connectivity index is 1.74. The predicted molar refractivity (Wildman–Crippen MR) is 132 cm³/mol. The van der Waals surface area contributed by atoms with Crippen LogP contribution in [0.2, 0.25) is 0 Å². The van der Waals surface area contributed by atoms with E-state index in [0.29, 0.717) is 32.5 Å². The predicted octanol–water partition coefficient (Wildman–Crippen LogP) is 5.22. The third-order valence-electron chi connectivity index (χ3n) is 4.62. The fraction of sp³-hybridized carbons (Fsp3) is 0.333. The molecule has 0 aromatic heterocycles. The minimum absolute atomic E-state index is 0.123. The standard InChI is InChI=1S/C24H28Br2N2O3/c1-3-23(30)28(2)14-12-19-16-20(25)24(21(26)17-19)31-15-7-13-27-22(29)11-10-18-8-5-4-6-9-18/h4-6,8-11,16-17H,3,7,12-15H2,1-2H3,(H,27,29)/b11-10+. The van der Waals surface area contributed by atoms with Crippen LogP contribution in [0.4, 0.5) is 0 Å². The molecule has 0 heterocycles. The average Bonchev–Trinajstić information content (AvgIpc) is 2.77. The molecule has 7 heteroatoms. The molecule has 0 radical (unpaired) electrons. The number of halogens is 2. The Hall–Kier alpha value is -2.12. The second kappa shape index (κ2) is 13.3. The number of hydrogen-bond acceptors (Lipinski definition) is 3. The van der Waals surface area contributed by atoms with Crippen LogP contribution in [-0.4, -0.2) is 43.5 Å². The first-order valence-electron chi connectivity index (χ1n) is 10.3. The van der Waals surface area contributed by atoms with E-state index in [9.17, 15) is 9.59 Å². The van der Waals surface area contributed by atoms with Crippen LogP contribution in [0.3, 0.4) is 0 Å². The Kier molecular flexibility index (Phi) is 10.8. The Labute approximate surface area is 201 Å². The topological polar surface area (TPSA) is 58.6 Å². The van der Waals surface area contributed by atoms with Crippen molar-refractivity contribution in [2.45, 2.75) is 26.2 Å². The number of amides is 2. The molecule has 0 bridgehead atoms. The van der Waals surface area contributed by atoms with Crippen LogP contribution in [0, 0.1) is 0 Å². The van der Waals surface area contributed by atoms with Crippen molar-refractivity contribution >= 4 is 49.8 Å². The fourth-order valence-electron chi connectivity index (χ4n) is 2.84. The Bertz CT molecular complexity index is 878. The van der Waals surface area contributed by atoms with Crippen LogP contribution in [0.5, 0.6) is 5.75 Å². The van der Waals surface area contributed by atoms with Gasteiger partial charge in [-0.05, 0) is 74.0 Å². The van der Waals surface area contributed by atoms with Crippen LogP contribution in [-0.2, 0) is 16.0 Å². The highest BCUT2D eigenvalue weighted by Gasteiger charge is 2.11. The first-order valence-corrected chi connectivity index (χ1v) is 11.8. The molecule has 2 rings (SSSR count). The maximum atomic E-state index is 11.9. The minimum atomic E-state index is -0.123. The van der Waals surface area contributed by atoms with Crippen LogP contribution in [0.25, 0.3) is 6.08 Å². The summed E-state index contributed by atoms with van der Waals surface area (Å²) in [5.74, 6) is 0.750. The van der Waals surface area contributed by atoms with Crippen molar-refractivity contribution in [3.63, 3.8) is 0 Å². The summed E-state index contributed by atoms with van der Waals surface area (Å²) in [7, 11) is 1.82. The normalized spacial score (nSPS) is 10.8. The molecule has 0 fully saturated rings. The summed E-state index contributed by atoms with van der Waals surface area (Å²) in [5.41, 5.74) is 2.10. The van der Waals surface area contributed by atoms with Gasteiger partial charge in [0.25, 0.3) is 0 Å². The lowest BCUT2D eigenvalue weighted by molar-refractivity contribution is -0.129. The molecule has 2 aromatic rings. The summed E-state index contributed by atoms with van der Waals surface area (Å²) < 4.78 is 7.60. The Morgan fingerprint density at radius 3 is 2.45 bits per heavy atom. The van der Waals surface area contributed by atoms with Gasteiger partial charge >= 0.3 is 0 Å². The summed E-state index contributed by atoms with van der Waals surface area (Å²) >= 11 is 7.14. The zero-order valence-corrected chi connectivity index (χ0v) is 21.0. The molecule has 5 nitrogen and oxygen atoms in total. The van der Waals surface area contributed by atoms with Crippen molar-refractivity contribution in [3.05, 3.63) is 68.6 Å². The Morgan fingerprint density at radius 2 is 1.81 bits per heavy atom. The number of carbonyl (C=O) groups excluding carboxylic acids is 2. The smallest absolute Gasteiger partial charge is 0.244 e. The van der Waals surface area contributed by atoms with Crippen molar-refractivity contribution in [2.24, 2.45) is 0 Å². The largest absolute Gasteiger partial charge is 0.491 e. The van der Waals surface area contributed by atoms with E-state index in [2.05, 4.69) is 37.2 Å². The van der Waals surface area contributed by atoms with Gasteiger partial charge in [0.15, 0.2) is 0 Å². The zero-order chi connectivity index (χ0) is 22.6. The maximum absolute atomic E-state index is 11.9. The monoisotopic (exact) mass is 550 g/mol. The van der Waals surface area contributed by atoms with Crippen LogP contribution in [0.15, 0.2) is 57.5 Å². The van der Waals surface area contributed by atoms with Crippen molar-refractivity contribution < 1.29 is 14.3 Å². The average molecular weight is 552 g/mol. The van der Waals surface area contributed by atoms with Crippen LogP contribution >= 0.6 is 31.9 Å². The fourth-order valence-corrected chi connectivity index (χ4v) is 4.35. The molecule has 166 valence electrons. The summed E-state index contributed by atoms with van der Waals surface area (Å²) in [6.45, 7) is 3.55. The van der Waals surface area contributed by atoms with E-state index in [0.717, 1.165) is 32.2 Å². The molecule has 2 amide bonds. The summed E-state index contributed by atoms with van der Waals surface area (Å²) in [6, 6.07) is 13.7. The molecule has 2 aromatic carbocycles. The summed E-state index contributed by atoms with van der Waals surface area (Å²) in [4.78, 5) is 25.3. The first kappa shape index (κ1) is 25.1. The number of nitrogens with one attached hydrogen (secondary N) is 1. The lowest BCUT2D eigenvalue weighted by atomic mass is 10.1. The molecule has 0 spiro atoms. The van der Waals surface area contributed by atoms with Gasteiger partial charge in [-0.15, -0.1) is 0 Å². The number of likely N-dealkylation sites (N-methyl/N-ethyl adjacent to an activating group) is 1. The first-order chi connectivity index (χ1) is 14.9. The maximum Gasteiger partial charge on any atom is 0.244 e. The highest BCUT2D eigenvalue weighted by Crippen LogP contribution is 2.35. The van der Waals surface area contributed by atoms with E-state index < -0.39 is 0 Å². The molecule has 0 aliphatic carbocycles. The summed E-state index contributed by atoms with van der Waals surface area (Å²) in [5, 5.41) is 2.86. The summed E-state index contributed by atoms with van der Waals surface area (Å²) in [6.07, 6.45) is 5.29. The molecule has 1 N–H and O–H groups in total. The van der Waals surface area contributed by atoms with E-state index in [-0.39, 0.29) is 11.8 Å². The molecule has 0 aliphatic heterocycles. The van der Waals surface area contributed by atoms with Gasteiger partial charge in [-0.25, -0.2) is 0 Å². The van der Waals surface area contributed by atoms with Crippen molar-refractivity contribution in [2.75, 3.05) is 26.7 Å². The number of ether oxygens (including phenoxy) is 1. The third kappa shape index (κ3) is 8.87. The second-order valence-corrected chi connectivity index (χ2v) is 8.75. The van der Waals surface area contributed by atoms with Crippen molar-refractivity contribution in [3.8, 4) is 5.75 Å². The molecule has 0 saturated carbocycles. The second-order valence-electron chi connectivity index (χ2n) is 7.04. The van der Waals surface area contributed by atoms with Gasteiger partial charge in [-0.3, -0.25) is 9.59 Å². The van der Waals surface area contributed by atoms with Crippen molar-refractivity contribution in [1.82, 2.24) is 10.2 Å². The lowest BCUT2D eigenvalue weighted by Crippen LogP contribution is -2.27. The van der Waals surface area contributed by atoms with Gasteiger partial charge in [0, 0.05) is 32.6 Å². The highest BCUT2D eigenvalue weighted by atomic mass is 79.9. The zero-order valence-electron chi connectivity index (χ0n) is 17.9. The minimum Gasteiger partial charge on any atom is -0.491 e. The van der Waals surface area contributed by atoms with E-state index in [1.54, 1.807) is 11.0 Å². The van der Waals surface area contributed by atoms with E-state index >= 15 is 0 Å². The van der Waals surface area contributed by atoms with E-state index in [1.165, 1.54) is 6.08 Å². The lowest BCUT2D eigenvalue weighted by Gasteiger charge is -2.17. The number of carbonyl (C=O) groups is 2. The van der Waals surface area contributed by atoms with Crippen LogP contribution < -0.4 is 10.1 Å². The molecule has 0 unspecified atom stereocenters. The molecular formula is C24H28Br2N2O3. The highest BCUT2D eigenvalue weighted by molar-refractivity contribution is 9.11. The number of nitrogens with zero attached hydrogens (tertiary/aromatic N) is 1. The van der Waals surface area contributed by atoms with E-state index in [1.807, 2.05) is 56.4 Å². The molecule has 31 heavy (non-hydrogen) atoms. The van der Waals surface area contributed by atoms with Gasteiger partial charge in [0.2, 0.25) is 11.8 Å². The molecule has 0 saturated heterocycles. The van der Waals surface area contributed by atoms with Crippen LogP contribution in [0.1, 0.15) is 30.9 Å². The number of rotatable bonds is 11. The molecule has 0 aliphatic rings. The van der Waals surface area contributed by atoms with Gasteiger partial charge in [-0.2, -0.15) is 0 Å². The van der Waals surface area contributed by atoms with Gasteiger partial charge in [0.05, 0.1) is 15.6 Å². The van der Waals surface area contributed by atoms with Gasteiger partial charge in [-0.1, -0.05) is 37.3 Å². The van der Waals surface area contributed by atoms with Gasteiger partial charge in [0.1, 0.15) is 5.75 Å².